The molecule has 2 aromatic carbocycles. The molecule has 1 fully saturated rings. The number of H-pyrrole nitrogens is 1. The van der Waals surface area contributed by atoms with E-state index in [4.69, 9.17) is 5.73 Å². The van der Waals surface area contributed by atoms with Gasteiger partial charge < -0.3 is 10.7 Å². The van der Waals surface area contributed by atoms with Crippen molar-refractivity contribution in [3.05, 3.63) is 60.6 Å². The molecular formula is C20H22N4. The normalized spacial score (nSPS) is 18.1. The van der Waals surface area contributed by atoms with E-state index in [2.05, 4.69) is 58.3 Å². The second-order valence-corrected chi connectivity index (χ2v) is 6.52. The first kappa shape index (κ1) is 15.0. The number of nitrogens with one attached hydrogen (secondary N) is 1. The van der Waals surface area contributed by atoms with E-state index < -0.39 is 0 Å². The van der Waals surface area contributed by atoms with Gasteiger partial charge in [0.05, 0.1) is 17.9 Å². The van der Waals surface area contributed by atoms with E-state index in [0.29, 0.717) is 6.04 Å². The van der Waals surface area contributed by atoms with Crippen LogP contribution in [0.25, 0.3) is 22.4 Å². The van der Waals surface area contributed by atoms with E-state index in [1.165, 1.54) is 24.0 Å². The molecule has 4 rings (SSSR count). The number of rotatable bonds is 3. The molecule has 3 N–H and O–H groups in total. The van der Waals surface area contributed by atoms with Crippen LogP contribution in [0.2, 0.25) is 0 Å². The standard InChI is InChI=1S/C20H22N4/c1-24-12-2-3-19(24)20-22-13-18(23-20)16-6-4-14(5-7-16)15-8-10-17(21)11-9-15/h4-11,13,19H,2-3,12,21H2,1H3,(H,22,23)/t19-/m0/s1. The second kappa shape index (κ2) is 6.13. The molecule has 1 saturated heterocycles. The number of anilines is 1. The van der Waals surface area contributed by atoms with Crippen LogP contribution in [0.1, 0.15) is 24.7 Å². The van der Waals surface area contributed by atoms with Crippen LogP contribution in [-0.4, -0.2) is 28.5 Å². The Balaban J connectivity index is 1.57. The molecule has 0 spiro atoms. The zero-order chi connectivity index (χ0) is 16.5. The smallest absolute Gasteiger partial charge is 0.123 e. The number of nitrogens with zero attached hydrogens (tertiary/aromatic N) is 2. The van der Waals surface area contributed by atoms with Crippen LogP contribution in [0.4, 0.5) is 5.69 Å². The Hall–Kier alpha value is -2.59. The summed E-state index contributed by atoms with van der Waals surface area (Å²) in [5, 5.41) is 0. The summed E-state index contributed by atoms with van der Waals surface area (Å²) < 4.78 is 0. The van der Waals surface area contributed by atoms with Crippen LogP contribution >= 0.6 is 0 Å². The highest BCUT2D eigenvalue weighted by Gasteiger charge is 2.25. The molecule has 4 heteroatoms. The molecule has 0 aliphatic carbocycles. The van der Waals surface area contributed by atoms with Gasteiger partial charge in [0.25, 0.3) is 0 Å². The van der Waals surface area contributed by atoms with Crippen LogP contribution < -0.4 is 5.73 Å². The van der Waals surface area contributed by atoms with Gasteiger partial charge in [0.1, 0.15) is 5.82 Å². The Bertz CT molecular complexity index is 818. The van der Waals surface area contributed by atoms with E-state index in [9.17, 15) is 0 Å². The van der Waals surface area contributed by atoms with Gasteiger partial charge in [0, 0.05) is 5.69 Å². The summed E-state index contributed by atoms with van der Waals surface area (Å²) >= 11 is 0. The number of imidazole rings is 1. The molecule has 24 heavy (non-hydrogen) atoms. The first-order chi connectivity index (χ1) is 11.7. The minimum Gasteiger partial charge on any atom is -0.399 e. The molecule has 1 aliphatic heterocycles. The number of benzene rings is 2. The van der Waals surface area contributed by atoms with E-state index >= 15 is 0 Å². The van der Waals surface area contributed by atoms with Crippen molar-refractivity contribution >= 4 is 5.69 Å². The molecule has 4 nitrogen and oxygen atoms in total. The number of aromatic amines is 1. The summed E-state index contributed by atoms with van der Waals surface area (Å²) in [5.74, 6) is 1.08. The van der Waals surface area contributed by atoms with Gasteiger partial charge in [-0.3, -0.25) is 4.90 Å². The van der Waals surface area contributed by atoms with Gasteiger partial charge in [0.2, 0.25) is 0 Å². The fourth-order valence-electron chi connectivity index (χ4n) is 3.43. The van der Waals surface area contributed by atoms with Crippen LogP contribution in [0, 0.1) is 0 Å². The molecule has 1 aliphatic rings. The number of likely N-dealkylation sites (tertiary alicyclic amines) is 1. The van der Waals surface area contributed by atoms with Crippen LogP contribution in [0.3, 0.4) is 0 Å². The van der Waals surface area contributed by atoms with Crippen molar-refractivity contribution in [3.8, 4) is 22.4 Å². The first-order valence-electron chi connectivity index (χ1n) is 8.42. The van der Waals surface area contributed by atoms with Gasteiger partial charge >= 0.3 is 0 Å². The lowest BCUT2D eigenvalue weighted by Crippen LogP contribution is -2.18. The lowest BCUT2D eigenvalue weighted by Gasteiger charge is -2.16. The number of nitrogens with two attached hydrogens (primary N) is 1. The molecule has 2 heterocycles. The highest BCUT2D eigenvalue weighted by atomic mass is 15.2. The van der Waals surface area contributed by atoms with Gasteiger partial charge in [-0.25, -0.2) is 4.98 Å². The first-order valence-corrected chi connectivity index (χ1v) is 8.42. The average Bonchev–Trinajstić information content (AvgIpc) is 3.24. The third-order valence-corrected chi connectivity index (χ3v) is 4.87. The summed E-state index contributed by atoms with van der Waals surface area (Å²) in [6, 6.07) is 17.0. The lowest BCUT2D eigenvalue weighted by molar-refractivity contribution is 0.307. The fraction of sp³-hybridized carbons (Fsp3) is 0.250. The molecule has 0 radical (unpaired) electrons. The number of hydrogen-bond acceptors (Lipinski definition) is 3. The van der Waals surface area contributed by atoms with Gasteiger partial charge in [-0.05, 0) is 55.3 Å². The predicted octanol–water partition coefficient (Wildman–Crippen LogP) is 4.09. The van der Waals surface area contributed by atoms with Gasteiger partial charge in [-0.1, -0.05) is 36.4 Å². The zero-order valence-electron chi connectivity index (χ0n) is 13.9. The molecular weight excluding hydrogens is 296 g/mol. The number of nitrogen functional groups attached to an aromatic ring is 1. The second-order valence-electron chi connectivity index (χ2n) is 6.52. The summed E-state index contributed by atoms with van der Waals surface area (Å²) in [6.07, 6.45) is 4.37. The maximum Gasteiger partial charge on any atom is 0.123 e. The number of hydrogen-bond donors (Lipinski definition) is 2. The third-order valence-electron chi connectivity index (χ3n) is 4.87. The van der Waals surface area contributed by atoms with Crippen molar-refractivity contribution in [1.82, 2.24) is 14.9 Å². The molecule has 0 saturated carbocycles. The lowest BCUT2D eigenvalue weighted by atomic mass is 10.0. The monoisotopic (exact) mass is 318 g/mol. The van der Waals surface area contributed by atoms with E-state index in [-0.39, 0.29) is 0 Å². The Labute approximate surface area is 142 Å². The van der Waals surface area contributed by atoms with E-state index in [1.54, 1.807) is 0 Å². The molecule has 122 valence electrons. The van der Waals surface area contributed by atoms with Gasteiger partial charge in [0.15, 0.2) is 0 Å². The van der Waals surface area contributed by atoms with Crippen LogP contribution in [0.15, 0.2) is 54.7 Å². The highest BCUT2D eigenvalue weighted by Crippen LogP contribution is 2.30. The Kier molecular flexibility index (Phi) is 3.82. The van der Waals surface area contributed by atoms with Crippen molar-refractivity contribution in [3.63, 3.8) is 0 Å². The number of aromatic nitrogens is 2. The quantitative estimate of drug-likeness (QED) is 0.715. The summed E-state index contributed by atoms with van der Waals surface area (Å²) in [4.78, 5) is 10.5. The summed E-state index contributed by atoms with van der Waals surface area (Å²) in [5.41, 5.74) is 11.1. The molecule has 1 aromatic heterocycles. The Morgan fingerprint density at radius 3 is 2.25 bits per heavy atom. The van der Waals surface area contributed by atoms with Crippen LogP contribution in [-0.2, 0) is 0 Å². The van der Waals surface area contributed by atoms with Gasteiger partial charge in [-0.15, -0.1) is 0 Å². The highest BCUT2D eigenvalue weighted by molar-refractivity contribution is 5.69. The minimum atomic E-state index is 0.424. The third kappa shape index (κ3) is 2.81. The summed E-state index contributed by atoms with van der Waals surface area (Å²) in [6.45, 7) is 1.15. The molecule has 1 atom stereocenters. The zero-order valence-corrected chi connectivity index (χ0v) is 13.9. The molecule has 3 aromatic rings. The van der Waals surface area contributed by atoms with Crippen molar-refractivity contribution in [2.45, 2.75) is 18.9 Å². The van der Waals surface area contributed by atoms with Crippen LogP contribution in [0.5, 0.6) is 0 Å². The van der Waals surface area contributed by atoms with Gasteiger partial charge in [-0.2, -0.15) is 0 Å². The Morgan fingerprint density at radius 1 is 1.00 bits per heavy atom. The minimum absolute atomic E-state index is 0.424. The molecule has 0 unspecified atom stereocenters. The topological polar surface area (TPSA) is 57.9 Å². The molecule has 0 amide bonds. The van der Waals surface area contributed by atoms with Crippen molar-refractivity contribution in [1.29, 1.82) is 0 Å². The fourth-order valence-corrected chi connectivity index (χ4v) is 3.43. The van der Waals surface area contributed by atoms with E-state index in [0.717, 1.165) is 29.3 Å². The van der Waals surface area contributed by atoms with Crippen molar-refractivity contribution in [2.75, 3.05) is 19.3 Å². The summed E-state index contributed by atoms with van der Waals surface area (Å²) in [7, 11) is 2.17. The SMILES string of the molecule is CN1CCC[C@H]1c1ncc(-c2ccc(-c3ccc(N)cc3)cc2)[nH]1. The van der Waals surface area contributed by atoms with Crippen molar-refractivity contribution in [2.24, 2.45) is 0 Å². The Morgan fingerprint density at radius 2 is 1.62 bits per heavy atom. The largest absolute Gasteiger partial charge is 0.399 e. The maximum absolute atomic E-state index is 5.75. The average molecular weight is 318 g/mol. The predicted molar refractivity (Wildman–Crippen MR) is 98.5 cm³/mol. The van der Waals surface area contributed by atoms with E-state index in [1.807, 2.05) is 18.3 Å². The maximum atomic E-state index is 5.75. The molecule has 0 bridgehead atoms. The van der Waals surface area contributed by atoms with Crippen molar-refractivity contribution < 1.29 is 0 Å².